The number of alkyl halides is 3. The van der Waals surface area contributed by atoms with Crippen molar-refractivity contribution in [3.63, 3.8) is 0 Å². The maximum absolute atomic E-state index is 14.6. The minimum absolute atomic E-state index is 0.141. The Bertz CT molecular complexity index is 1290. The maximum atomic E-state index is 14.6. The number of nitrogens with zero attached hydrogens (tertiary/aromatic N) is 2. The highest BCUT2D eigenvalue weighted by molar-refractivity contribution is 7.09. The van der Waals surface area contributed by atoms with Gasteiger partial charge < -0.3 is 9.47 Å². The van der Waals surface area contributed by atoms with Gasteiger partial charge in [0.05, 0.1) is 25.3 Å². The number of halogens is 4. The number of methoxy groups -OCH3 is 1. The summed E-state index contributed by atoms with van der Waals surface area (Å²) in [5.74, 6) is -0.438. The van der Waals surface area contributed by atoms with Crippen LogP contribution in [0.1, 0.15) is 60.2 Å². The van der Waals surface area contributed by atoms with Crippen molar-refractivity contribution >= 4 is 17.4 Å². The van der Waals surface area contributed by atoms with Crippen LogP contribution in [0.4, 0.5) is 22.4 Å². The molecule has 36 heavy (non-hydrogen) atoms. The van der Waals surface area contributed by atoms with Crippen molar-refractivity contribution < 1.29 is 31.8 Å². The molecule has 0 saturated carbocycles. The molecular formula is C26H26F4N2O3S. The highest BCUT2D eigenvalue weighted by atomic mass is 32.1. The van der Waals surface area contributed by atoms with E-state index in [9.17, 15) is 22.4 Å². The smallest absolute Gasteiger partial charge is 0.416 e. The van der Waals surface area contributed by atoms with Crippen LogP contribution in [-0.2, 0) is 17.5 Å². The van der Waals surface area contributed by atoms with Crippen molar-refractivity contribution in [3.8, 4) is 16.9 Å². The number of carbonyl (C=O) groups excluding carboxylic acids is 1. The predicted molar refractivity (Wildman–Crippen MR) is 129 cm³/mol. The fourth-order valence-corrected chi connectivity index (χ4v) is 5.23. The molecule has 0 radical (unpaired) electrons. The fraction of sp³-hybridized carbons (Fsp3) is 0.385. The monoisotopic (exact) mass is 522 g/mol. The zero-order chi connectivity index (χ0) is 26.4. The second kappa shape index (κ2) is 9.72. The third kappa shape index (κ3) is 4.91. The van der Waals surface area contributed by atoms with Crippen molar-refractivity contribution in [1.29, 1.82) is 0 Å². The summed E-state index contributed by atoms with van der Waals surface area (Å²) in [6.07, 6.45) is -5.85. The van der Waals surface area contributed by atoms with Gasteiger partial charge in [-0.2, -0.15) is 13.2 Å². The summed E-state index contributed by atoms with van der Waals surface area (Å²) in [4.78, 5) is 18.6. The number of aryl methyl sites for hydroxylation is 1. The van der Waals surface area contributed by atoms with Crippen molar-refractivity contribution in [3.05, 3.63) is 68.9 Å². The van der Waals surface area contributed by atoms with E-state index in [-0.39, 0.29) is 23.8 Å². The number of aromatic nitrogens is 1. The SMILES string of the molecule is COc1cc(F)c(C(C)C)cc1-c1ccc(C(F)(F)F)cc1CN1C(=O)O[C@H](c2nc(C)cs2)C1C. The minimum atomic E-state index is -4.58. The van der Waals surface area contributed by atoms with Gasteiger partial charge in [0.15, 0.2) is 6.10 Å². The van der Waals surface area contributed by atoms with E-state index in [1.54, 1.807) is 13.0 Å². The number of cyclic esters (lactones) is 1. The van der Waals surface area contributed by atoms with E-state index in [0.717, 1.165) is 17.8 Å². The molecule has 1 fully saturated rings. The van der Waals surface area contributed by atoms with E-state index in [0.29, 0.717) is 21.7 Å². The van der Waals surface area contributed by atoms with Gasteiger partial charge in [0.2, 0.25) is 0 Å². The quantitative estimate of drug-likeness (QED) is 0.315. The number of amides is 1. The molecule has 1 amide bonds. The summed E-state index contributed by atoms with van der Waals surface area (Å²) in [6, 6.07) is 5.70. The second-order valence-electron chi connectivity index (χ2n) is 9.10. The average molecular weight is 523 g/mol. The number of hydrogen-bond acceptors (Lipinski definition) is 5. The van der Waals surface area contributed by atoms with Crippen LogP contribution >= 0.6 is 11.3 Å². The van der Waals surface area contributed by atoms with Gasteiger partial charge in [-0.1, -0.05) is 19.9 Å². The first-order valence-electron chi connectivity index (χ1n) is 11.4. The van der Waals surface area contributed by atoms with Crippen molar-refractivity contribution in [2.24, 2.45) is 0 Å². The van der Waals surface area contributed by atoms with Gasteiger partial charge >= 0.3 is 12.3 Å². The molecule has 1 saturated heterocycles. The van der Waals surface area contributed by atoms with E-state index >= 15 is 0 Å². The summed E-state index contributed by atoms with van der Waals surface area (Å²) in [5.41, 5.74) is 1.45. The van der Waals surface area contributed by atoms with E-state index < -0.39 is 35.8 Å². The average Bonchev–Trinajstić information content (AvgIpc) is 3.36. The van der Waals surface area contributed by atoms with Gasteiger partial charge in [-0.25, -0.2) is 14.2 Å². The molecule has 0 bridgehead atoms. The first kappa shape index (κ1) is 25.9. The molecule has 10 heteroatoms. The standard InChI is InChI=1S/C26H26F4N2O3S/c1-13(2)19-9-20(22(34-5)10-21(19)27)18-7-6-17(26(28,29)30)8-16(18)11-32-15(4)23(35-25(32)33)24-31-14(3)12-36-24/h6-10,12-13,15,23H,11H2,1-5H3/t15?,23-/m0/s1. The number of ether oxygens (including phenoxy) is 2. The van der Waals surface area contributed by atoms with Gasteiger partial charge in [-0.15, -0.1) is 11.3 Å². The van der Waals surface area contributed by atoms with Gasteiger partial charge in [-0.05, 0) is 54.7 Å². The summed E-state index contributed by atoms with van der Waals surface area (Å²) in [6.45, 7) is 7.11. The van der Waals surface area contributed by atoms with Crippen molar-refractivity contribution in [2.45, 2.75) is 58.5 Å². The molecular weight excluding hydrogens is 496 g/mol. The van der Waals surface area contributed by atoms with E-state index in [1.165, 1.54) is 35.5 Å². The predicted octanol–water partition coefficient (Wildman–Crippen LogP) is 7.49. The lowest BCUT2D eigenvalue weighted by atomic mass is 9.92. The molecule has 0 spiro atoms. The third-order valence-electron chi connectivity index (χ3n) is 6.28. The Hall–Kier alpha value is -3.14. The molecule has 3 aromatic rings. The summed E-state index contributed by atoms with van der Waals surface area (Å²) in [7, 11) is 1.37. The normalized spacial score (nSPS) is 18.2. The number of benzene rings is 2. The van der Waals surface area contributed by atoms with Crippen LogP contribution < -0.4 is 4.74 Å². The molecule has 5 nitrogen and oxygen atoms in total. The van der Waals surface area contributed by atoms with Crippen LogP contribution in [0.2, 0.25) is 0 Å². The van der Waals surface area contributed by atoms with E-state index in [4.69, 9.17) is 9.47 Å². The highest BCUT2D eigenvalue weighted by Crippen LogP contribution is 2.41. The molecule has 2 heterocycles. The number of carbonyl (C=O) groups is 1. The van der Waals surface area contributed by atoms with Crippen LogP contribution in [0.15, 0.2) is 35.7 Å². The molecule has 1 unspecified atom stereocenters. The van der Waals surface area contributed by atoms with Gasteiger partial charge in [0, 0.05) is 22.7 Å². The Morgan fingerprint density at radius 1 is 1.19 bits per heavy atom. The summed E-state index contributed by atoms with van der Waals surface area (Å²) in [5, 5.41) is 2.47. The summed E-state index contributed by atoms with van der Waals surface area (Å²) < 4.78 is 66.5. The first-order valence-corrected chi connectivity index (χ1v) is 12.3. The molecule has 0 aliphatic carbocycles. The highest BCUT2D eigenvalue weighted by Gasteiger charge is 2.42. The van der Waals surface area contributed by atoms with Crippen LogP contribution in [0.5, 0.6) is 5.75 Å². The van der Waals surface area contributed by atoms with Gasteiger partial charge in [0.1, 0.15) is 16.6 Å². The Kier molecular flexibility index (Phi) is 7.01. The van der Waals surface area contributed by atoms with Crippen LogP contribution in [0, 0.1) is 12.7 Å². The molecule has 1 aliphatic heterocycles. The zero-order valence-corrected chi connectivity index (χ0v) is 21.3. The molecule has 4 rings (SSSR count). The topological polar surface area (TPSA) is 51.7 Å². The molecule has 1 aromatic heterocycles. The first-order chi connectivity index (χ1) is 16.9. The van der Waals surface area contributed by atoms with Gasteiger partial charge in [0.25, 0.3) is 0 Å². The summed E-state index contributed by atoms with van der Waals surface area (Å²) >= 11 is 1.36. The lowest BCUT2D eigenvalue weighted by molar-refractivity contribution is -0.137. The van der Waals surface area contributed by atoms with Crippen LogP contribution in [0.25, 0.3) is 11.1 Å². The van der Waals surface area contributed by atoms with E-state index in [1.807, 2.05) is 26.2 Å². The molecule has 2 aromatic carbocycles. The number of rotatable bonds is 6. The fourth-order valence-electron chi connectivity index (χ4n) is 4.31. The Labute approximate surface area is 210 Å². The molecule has 2 atom stereocenters. The number of thiazole rings is 1. The Balaban J connectivity index is 1.80. The largest absolute Gasteiger partial charge is 0.496 e. The van der Waals surface area contributed by atoms with Crippen molar-refractivity contribution in [1.82, 2.24) is 9.88 Å². The van der Waals surface area contributed by atoms with Crippen LogP contribution in [-0.4, -0.2) is 29.1 Å². The lowest BCUT2D eigenvalue weighted by Gasteiger charge is -2.23. The third-order valence-corrected chi connectivity index (χ3v) is 7.30. The lowest BCUT2D eigenvalue weighted by Crippen LogP contribution is -2.31. The van der Waals surface area contributed by atoms with Gasteiger partial charge in [-0.3, -0.25) is 4.90 Å². The zero-order valence-electron chi connectivity index (χ0n) is 20.4. The van der Waals surface area contributed by atoms with E-state index in [2.05, 4.69) is 4.98 Å². The maximum Gasteiger partial charge on any atom is 0.416 e. The van der Waals surface area contributed by atoms with Crippen LogP contribution in [0.3, 0.4) is 0 Å². The molecule has 1 aliphatic rings. The Morgan fingerprint density at radius 3 is 2.50 bits per heavy atom. The Morgan fingerprint density at radius 2 is 1.92 bits per heavy atom. The molecule has 0 N–H and O–H groups in total. The molecule has 192 valence electrons. The number of hydrogen-bond donors (Lipinski definition) is 0. The second-order valence-corrected chi connectivity index (χ2v) is 9.99. The minimum Gasteiger partial charge on any atom is -0.496 e. The van der Waals surface area contributed by atoms with Crippen molar-refractivity contribution in [2.75, 3.05) is 7.11 Å².